The van der Waals surface area contributed by atoms with Crippen molar-refractivity contribution < 1.29 is 32.7 Å². The molecule has 2 nitrogen and oxygen atoms in total. The predicted molar refractivity (Wildman–Crippen MR) is 38.8 cm³/mol. The molecule has 11 heavy (non-hydrogen) atoms. The third-order valence-electron chi connectivity index (χ3n) is 1.48. The fourth-order valence-electron chi connectivity index (χ4n) is 0.952. The first kappa shape index (κ1) is 8.89. The van der Waals surface area contributed by atoms with Crippen molar-refractivity contribution >= 4 is 5.65 Å². The van der Waals surface area contributed by atoms with Crippen LogP contribution in [0, 0.1) is 13.0 Å². The van der Waals surface area contributed by atoms with Gasteiger partial charge in [0.15, 0.2) is 0 Å². The molecule has 0 unspecified atom stereocenters. The van der Waals surface area contributed by atoms with Crippen LogP contribution in [0.2, 0.25) is 0 Å². The quantitative estimate of drug-likeness (QED) is 0.614. The van der Waals surface area contributed by atoms with Crippen molar-refractivity contribution in [3.8, 4) is 0 Å². The Hall–Kier alpha value is -0.206. The largest absolute Gasteiger partial charge is 0.341 e. The van der Waals surface area contributed by atoms with Crippen LogP contribution in [0.15, 0.2) is 24.7 Å². The number of fused-ring (bicyclic) bond motifs is 1. The molecule has 0 fully saturated rings. The van der Waals surface area contributed by atoms with Crippen LogP contribution in [0.5, 0.6) is 0 Å². The zero-order valence-electron chi connectivity index (χ0n) is 6.28. The minimum Gasteiger partial charge on any atom is -0.341 e. The van der Waals surface area contributed by atoms with Crippen LogP contribution >= 0.6 is 0 Å². The van der Waals surface area contributed by atoms with Gasteiger partial charge in [0.25, 0.3) is 0 Å². The van der Waals surface area contributed by atoms with Gasteiger partial charge in [0, 0.05) is 45.1 Å². The molecule has 0 aliphatic rings. The molecular formula is C8H7N2Y-. The molecule has 3 heteroatoms. The third kappa shape index (κ3) is 1.68. The fraction of sp³-hybridized carbons (Fsp3) is 0.125. The first-order valence-electron chi connectivity index (χ1n) is 3.17. The minimum absolute atomic E-state index is 0. The van der Waals surface area contributed by atoms with Crippen LogP contribution in [0.4, 0.5) is 0 Å². The number of nitrogens with zero attached hydrogens (tertiary/aromatic N) is 2. The first-order chi connectivity index (χ1) is 4.86. The maximum Gasteiger partial charge on any atom is 0.0522 e. The van der Waals surface area contributed by atoms with Crippen LogP contribution < -0.4 is 0 Å². The van der Waals surface area contributed by atoms with Gasteiger partial charge in [-0.15, -0.1) is 0 Å². The summed E-state index contributed by atoms with van der Waals surface area (Å²) in [5, 5.41) is 0. The summed E-state index contributed by atoms with van der Waals surface area (Å²) in [6.45, 7) is 2.01. The van der Waals surface area contributed by atoms with E-state index in [0.29, 0.717) is 0 Å². The van der Waals surface area contributed by atoms with Crippen molar-refractivity contribution in [2.45, 2.75) is 6.92 Å². The average molecular weight is 220 g/mol. The normalized spacial score (nSPS) is 9.55. The summed E-state index contributed by atoms with van der Waals surface area (Å²) in [4.78, 5) is 4.12. The second-order valence-corrected chi connectivity index (χ2v) is 2.29. The van der Waals surface area contributed by atoms with Crippen molar-refractivity contribution in [2.24, 2.45) is 0 Å². The van der Waals surface area contributed by atoms with E-state index in [4.69, 9.17) is 0 Å². The molecule has 0 saturated carbocycles. The Labute approximate surface area is 90.5 Å². The van der Waals surface area contributed by atoms with Gasteiger partial charge in [-0.1, -0.05) is 13.1 Å². The van der Waals surface area contributed by atoms with Gasteiger partial charge in [0.2, 0.25) is 0 Å². The van der Waals surface area contributed by atoms with E-state index in [1.807, 2.05) is 29.8 Å². The smallest absolute Gasteiger partial charge is 0.0522 e. The van der Waals surface area contributed by atoms with E-state index in [1.54, 1.807) is 6.20 Å². The van der Waals surface area contributed by atoms with Crippen LogP contribution in [0.3, 0.4) is 0 Å². The summed E-state index contributed by atoms with van der Waals surface area (Å²) in [5.74, 6) is 0. The van der Waals surface area contributed by atoms with Crippen LogP contribution in [-0.4, -0.2) is 9.38 Å². The third-order valence-corrected chi connectivity index (χ3v) is 1.48. The molecule has 2 heterocycles. The molecule has 1 radical (unpaired) electrons. The number of imidazole rings is 1. The molecule has 0 N–H and O–H groups in total. The molecular weight excluding hydrogens is 213 g/mol. The second kappa shape index (κ2) is 3.46. The molecule has 0 atom stereocenters. The number of aryl methyl sites for hydroxylation is 1. The molecule has 2 aromatic rings. The average Bonchev–Trinajstić information content (AvgIpc) is 2.33. The standard InChI is InChI=1S/C8H7N2.Y/c1-7-2-4-10-5-3-9-8(10)6-7;/h3-6H,1H3;/q-1;. The molecule has 0 amide bonds. The zero-order valence-corrected chi connectivity index (χ0v) is 9.12. The second-order valence-electron chi connectivity index (χ2n) is 2.29. The summed E-state index contributed by atoms with van der Waals surface area (Å²) in [6.07, 6.45) is 5.57. The Balaban J connectivity index is 0.000000605. The Kier molecular flexibility index (Phi) is 2.80. The van der Waals surface area contributed by atoms with Crippen molar-refractivity contribution in [1.82, 2.24) is 9.38 Å². The molecule has 2 aromatic heterocycles. The number of aromatic nitrogens is 2. The van der Waals surface area contributed by atoms with Crippen molar-refractivity contribution in [3.05, 3.63) is 36.3 Å². The molecule has 0 saturated heterocycles. The summed E-state index contributed by atoms with van der Waals surface area (Å²) in [6, 6.07) is 5.08. The van der Waals surface area contributed by atoms with Gasteiger partial charge in [-0.2, -0.15) is 6.07 Å². The van der Waals surface area contributed by atoms with Gasteiger partial charge in [-0.25, -0.2) is 11.6 Å². The van der Waals surface area contributed by atoms with E-state index in [0.717, 1.165) is 11.2 Å². The van der Waals surface area contributed by atoms with E-state index < -0.39 is 0 Å². The Morgan fingerprint density at radius 3 is 3.18 bits per heavy atom. The van der Waals surface area contributed by atoms with E-state index in [9.17, 15) is 0 Å². The summed E-state index contributed by atoms with van der Waals surface area (Å²) >= 11 is 0. The van der Waals surface area contributed by atoms with Crippen molar-refractivity contribution in [2.75, 3.05) is 0 Å². The number of hydrogen-bond donors (Lipinski definition) is 0. The first-order valence-corrected chi connectivity index (χ1v) is 3.17. The van der Waals surface area contributed by atoms with Gasteiger partial charge in [-0.3, -0.25) is 4.98 Å². The molecule has 0 bridgehead atoms. The summed E-state index contributed by atoms with van der Waals surface area (Å²) < 4.78 is 1.94. The van der Waals surface area contributed by atoms with Crippen molar-refractivity contribution in [3.63, 3.8) is 0 Å². The number of pyridine rings is 1. The van der Waals surface area contributed by atoms with Crippen molar-refractivity contribution in [1.29, 1.82) is 0 Å². The van der Waals surface area contributed by atoms with E-state index in [1.165, 1.54) is 0 Å². The molecule has 53 valence electrons. The fourth-order valence-corrected chi connectivity index (χ4v) is 0.952. The molecule has 0 spiro atoms. The van der Waals surface area contributed by atoms with Crippen LogP contribution in [-0.2, 0) is 32.7 Å². The van der Waals surface area contributed by atoms with Gasteiger partial charge in [0.05, 0.1) is 5.65 Å². The molecule has 0 aliphatic carbocycles. The SMILES string of the molecule is Cc1[c-]cn2ccnc2c1.[Y]. The number of rotatable bonds is 0. The van der Waals surface area contributed by atoms with Gasteiger partial charge >= 0.3 is 0 Å². The van der Waals surface area contributed by atoms with Crippen LogP contribution in [0.25, 0.3) is 5.65 Å². The Morgan fingerprint density at radius 2 is 2.36 bits per heavy atom. The molecule has 2 rings (SSSR count). The minimum atomic E-state index is 0. The number of hydrogen-bond acceptors (Lipinski definition) is 1. The van der Waals surface area contributed by atoms with Crippen LogP contribution in [0.1, 0.15) is 5.56 Å². The topological polar surface area (TPSA) is 17.3 Å². The van der Waals surface area contributed by atoms with E-state index in [-0.39, 0.29) is 32.7 Å². The zero-order chi connectivity index (χ0) is 6.97. The van der Waals surface area contributed by atoms with E-state index in [2.05, 4.69) is 11.1 Å². The predicted octanol–water partition coefficient (Wildman–Crippen LogP) is 1.44. The Morgan fingerprint density at radius 1 is 1.55 bits per heavy atom. The molecule has 0 aromatic carbocycles. The summed E-state index contributed by atoms with van der Waals surface area (Å²) in [5.41, 5.74) is 2.11. The Bertz CT molecular complexity index is 354. The maximum atomic E-state index is 4.12. The van der Waals surface area contributed by atoms with Gasteiger partial charge < -0.3 is 4.40 Å². The van der Waals surface area contributed by atoms with E-state index >= 15 is 0 Å². The van der Waals surface area contributed by atoms with Gasteiger partial charge in [-0.05, 0) is 0 Å². The van der Waals surface area contributed by atoms with Gasteiger partial charge in [0.1, 0.15) is 0 Å². The maximum absolute atomic E-state index is 4.12. The monoisotopic (exact) mass is 220 g/mol. The summed E-state index contributed by atoms with van der Waals surface area (Å²) in [7, 11) is 0. The molecule has 0 aliphatic heterocycles.